The van der Waals surface area contributed by atoms with Gasteiger partial charge >= 0.3 is 6.36 Å². The van der Waals surface area contributed by atoms with Crippen molar-refractivity contribution in [2.45, 2.75) is 6.36 Å². The topological polar surface area (TPSA) is 44.5 Å². The molecule has 0 saturated heterocycles. The number of hydrogen-bond acceptors (Lipinski definition) is 3. The van der Waals surface area contributed by atoms with Gasteiger partial charge in [-0.05, 0) is 15.9 Å². The van der Waals surface area contributed by atoms with E-state index in [0.717, 1.165) is 6.07 Å². The van der Waals surface area contributed by atoms with Crippen molar-refractivity contribution in [1.29, 1.82) is 0 Å². The van der Waals surface area contributed by atoms with Gasteiger partial charge in [0.05, 0.1) is 7.11 Å². The first kappa shape index (κ1) is 12.0. The first-order valence-corrected chi connectivity index (χ1v) is 4.51. The van der Waals surface area contributed by atoms with Crippen molar-refractivity contribution in [3.63, 3.8) is 0 Å². The second-order valence-corrected chi connectivity index (χ2v) is 3.38. The Morgan fingerprint density at radius 1 is 1.27 bits per heavy atom. The maximum Gasteiger partial charge on any atom is 0.573 e. The fraction of sp³-hybridized carbons (Fsp3) is 0.250. The van der Waals surface area contributed by atoms with Gasteiger partial charge in [-0.2, -0.15) is 0 Å². The van der Waals surface area contributed by atoms with E-state index in [1.807, 2.05) is 0 Å². The van der Waals surface area contributed by atoms with E-state index >= 15 is 0 Å². The van der Waals surface area contributed by atoms with Gasteiger partial charge in [-0.25, -0.2) is 0 Å². The first-order chi connectivity index (χ1) is 6.83. The summed E-state index contributed by atoms with van der Waals surface area (Å²) >= 11 is 2.92. The van der Waals surface area contributed by atoms with Crippen molar-refractivity contribution in [2.24, 2.45) is 0 Å². The smallest absolute Gasteiger partial charge is 0.495 e. The maximum atomic E-state index is 12.0. The lowest BCUT2D eigenvalue weighted by Gasteiger charge is -2.13. The van der Waals surface area contributed by atoms with E-state index in [-0.39, 0.29) is 15.9 Å². The van der Waals surface area contributed by atoms with E-state index in [1.54, 1.807) is 0 Å². The molecular weight excluding hydrogens is 279 g/mol. The summed E-state index contributed by atoms with van der Waals surface area (Å²) in [6.07, 6.45) is -4.76. The Kier molecular flexibility index (Phi) is 3.33. The van der Waals surface area contributed by atoms with Gasteiger partial charge in [0.25, 0.3) is 0 Å². The number of halogens is 4. The standard InChI is InChI=1S/C8H7BrF3NO2/c1-14-5-2-4(13)3-6(7(5)9)15-8(10,11)12/h2-3H,13H2,1H3. The fourth-order valence-electron chi connectivity index (χ4n) is 0.940. The van der Waals surface area contributed by atoms with E-state index in [0.29, 0.717) is 0 Å². The number of benzene rings is 1. The summed E-state index contributed by atoms with van der Waals surface area (Å²) in [5, 5.41) is 0. The molecule has 0 aliphatic heterocycles. The van der Waals surface area contributed by atoms with Crippen molar-refractivity contribution in [3.8, 4) is 11.5 Å². The predicted octanol–water partition coefficient (Wildman–Crippen LogP) is 2.94. The number of nitrogens with two attached hydrogens (primary N) is 1. The van der Waals surface area contributed by atoms with Crippen LogP contribution in [0.5, 0.6) is 11.5 Å². The molecule has 0 fully saturated rings. The molecule has 0 aliphatic rings. The van der Waals surface area contributed by atoms with Crippen LogP contribution in [-0.2, 0) is 0 Å². The number of nitrogen functional groups attached to an aromatic ring is 1. The SMILES string of the molecule is COc1cc(N)cc(OC(F)(F)F)c1Br. The molecule has 0 atom stereocenters. The highest BCUT2D eigenvalue weighted by Crippen LogP contribution is 2.39. The molecule has 84 valence electrons. The number of methoxy groups -OCH3 is 1. The Hall–Kier alpha value is -1.11. The minimum atomic E-state index is -4.76. The molecule has 1 aromatic carbocycles. The Bertz CT molecular complexity index is 368. The molecular formula is C8H7BrF3NO2. The second kappa shape index (κ2) is 4.18. The quantitative estimate of drug-likeness (QED) is 0.850. The van der Waals surface area contributed by atoms with Crippen LogP contribution in [-0.4, -0.2) is 13.5 Å². The number of rotatable bonds is 2. The highest BCUT2D eigenvalue weighted by atomic mass is 79.9. The molecule has 1 rings (SSSR count). The number of alkyl halides is 3. The van der Waals surface area contributed by atoms with E-state index in [4.69, 9.17) is 10.5 Å². The summed E-state index contributed by atoms with van der Waals surface area (Å²) in [5.41, 5.74) is 5.49. The Morgan fingerprint density at radius 3 is 2.27 bits per heavy atom. The number of ether oxygens (including phenoxy) is 2. The van der Waals surface area contributed by atoms with Crippen LogP contribution in [0, 0.1) is 0 Å². The molecule has 0 spiro atoms. The molecule has 0 heterocycles. The summed E-state index contributed by atoms with van der Waals surface area (Å²) < 4.78 is 44.5. The van der Waals surface area contributed by atoms with E-state index in [1.165, 1.54) is 13.2 Å². The third kappa shape index (κ3) is 3.19. The maximum absolute atomic E-state index is 12.0. The molecule has 0 amide bonds. The van der Waals surface area contributed by atoms with Gasteiger partial charge in [0, 0.05) is 17.8 Å². The Balaban J connectivity index is 3.12. The third-order valence-electron chi connectivity index (χ3n) is 1.47. The van der Waals surface area contributed by atoms with Crippen LogP contribution in [0.1, 0.15) is 0 Å². The third-order valence-corrected chi connectivity index (χ3v) is 2.26. The molecule has 0 aliphatic carbocycles. The van der Waals surface area contributed by atoms with Gasteiger partial charge in [0.2, 0.25) is 0 Å². The minimum Gasteiger partial charge on any atom is -0.495 e. The largest absolute Gasteiger partial charge is 0.573 e. The van der Waals surface area contributed by atoms with E-state index in [9.17, 15) is 13.2 Å². The normalized spacial score (nSPS) is 11.3. The second-order valence-electron chi connectivity index (χ2n) is 2.58. The average Bonchev–Trinajstić information content (AvgIpc) is 2.08. The van der Waals surface area contributed by atoms with Crippen LogP contribution in [0.4, 0.5) is 18.9 Å². The molecule has 15 heavy (non-hydrogen) atoms. The summed E-state index contributed by atoms with van der Waals surface area (Å²) in [5.74, 6) is -0.256. The van der Waals surface area contributed by atoms with Crippen LogP contribution in [0.3, 0.4) is 0 Å². The molecule has 0 aromatic heterocycles. The van der Waals surface area contributed by atoms with Gasteiger partial charge in [0.15, 0.2) is 0 Å². The van der Waals surface area contributed by atoms with Gasteiger partial charge in [-0.1, -0.05) is 0 Å². The van der Waals surface area contributed by atoms with Gasteiger partial charge < -0.3 is 15.2 Å². The first-order valence-electron chi connectivity index (χ1n) is 3.72. The summed E-state index contributed by atoms with van der Waals surface area (Å²) in [7, 11) is 1.32. The zero-order valence-corrected chi connectivity index (χ0v) is 9.15. The van der Waals surface area contributed by atoms with Gasteiger partial charge in [0.1, 0.15) is 16.0 Å². The van der Waals surface area contributed by atoms with Crippen molar-refractivity contribution < 1.29 is 22.6 Å². The summed E-state index contributed by atoms with van der Waals surface area (Å²) in [6.45, 7) is 0. The number of hydrogen-bond donors (Lipinski definition) is 1. The van der Waals surface area contributed by atoms with Crippen molar-refractivity contribution in [1.82, 2.24) is 0 Å². The fourth-order valence-corrected chi connectivity index (χ4v) is 1.41. The zero-order chi connectivity index (χ0) is 11.6. The Morgan fingerprint density at radius 2 is 1.80 bits per heavy atom. The van der Waals surface area contributed by atoms with E-state index in [2.05, 4.69) is 20.7 Å². The monoisotopic (exact) mass is 285 g/mol. The molecule has 0 saturated carbocycles. The van der Waals surface area contributed by atoms with Crippen molar-refractivity contribution >= 4 is 21.6 Å². The van der Waals surface area contributed by atoms with Crippen LogP contribution in [0.2, 0.25) is 0 Å². The lowest BCUT2D eigenvalue weighted by atomic mass is 10.3. The van der Waals surface area contributed by atoms with Crippen LogP contribution in [0.25, 0.3) is 0 Å². The molecule has 0 unspecified atom stereocenters. The number of anilines is 1. The molecule has 0 bridgehead atoms. The summed E-state index contributed by atoms with van der Waals surface area (Å²) in [6, 6.07) is 2.44. The van der Waals surface area contributed by atoms with Gasteiger partial charge in [-0.15, -0.1) is 13.2 Å². The van der Waals surface area contributed by atoms with Crippen LogP contribution < -0.4 is 15.2 Å². The van der Waals surface area contributed by atoms with E-state index < -0.39 is 12.1 Å². The Labute approximate surface area is 92.1 Å². The highest BCUT2D eigenvalue weighted by molar-refractivity contribution is 9.10. The molecule has 3 nitrogen and oxygen atoms in total. The minimum absolute atomic E-state index is 0.0662. The predicted molar refractivity (Wildman–Crippen MR) is 51.8 cm³/mol. The van der Waals surface area contributed by atoms with Gasteiger partial charge in [-0.3, -0.25) is 0 Å². The molecule has 7 heteroatoms. The molecule has 0 radical (unpaired) electrons. The lowest BCUT2D eigenvalue weighted by molar-refractivity contribution is -0.274. The highest BCUT2D eigenvalue weighted by Gasteiger charge is 2.32. The molecule has 1 aromatic rings. The lowest BCUT2D eigenvalue weighted by Crippen LogP contribution is -2.17. The molecule has 2 N–H and O–H groups in total. The zero-order valence-electron chi connectivity index (χ0n) is 7.56. The van der Waals surface area contributed by atoms with Crippen molar-refractivity contribution in [3.05, 3.63) is 16.6 Å². The van der Waals surface area contributed by atoms with Crippen molar-refractivity contribution in [2.75, 3.05) is 12.8 Å². The van der Waals surface area contributed by atoms with Crippen LogP contribution >= 0.6 is 15.9 Å². The average molecular weight is 286 g/mol. The summed E-state index contributed by atoms with van der Waals surface area (Å²) in [4.78, 5) is 0. The van der Waals surface area contributed by atoms with Crippen LogP contribution in [0.15, 0.2) is 16.6 Å².